The van der Waals surface area contributed by atoms with E-state index in [0.29, 0.717) is 0 Å². The van der Waals surface area contributed by atoms with Gasteiger partial charge in [0.15, 0.2) is 0 Å². The number of benzene rings is 1. The SMILES string of the molecule is [C-]#[N+]C(C)c1ccc(C)cc1OC. The molecular formula is C11H13NO. The maximum atomic E-state index is 6.94. The smallest absolute Gasteiger partial charge is 0.249 e. The maximum Gasteiger partial charge on any atom is 0.249 e. The van der Waals surface area contributed by atoms with Crippen LogP contribution in [0.15, 0.2) is 18.2 Å². The van der Waals surface area contributed by atoms with Gasteiger partial charge in [-0.15, -0.1) is 0 Å². The Labute approximate surface area is 79.0 Å². The van der Waals surface area contributed by atoms with Crippen molar-refractivity contribution >= 4 is 0 Å². The lowest BCUT2D eigenvalue weighted by Gasteiger charge is -2.07. The van der Waals surface area contributed by atoms with Gasteiger partial charge in [-0.1, -0.05) is 6.07 Å². The largest absolute Gasteiger partial charge is 0.496 e. The minimum Gasteiger partial charge on any atom is -0.496 e. The Morgan fingerprint density at radius 3 is 2.69 bits per heavy atom. The fourth-order valence-electron chi connectivity index (χ4n) is 1.23. The highest BCUT2D eigenvalue weighted by atomic mass is 16.5. The van der Waals surface area contributed by atoms with Crippen molar-refractivity contribution in [3.05, 3.63) is 40.7 Å². The van der Waals surface area contributed by atoms with Crippen molar-refractivity contribution in [3.8, 4) is 5.75 Å². The zero-order valence-electron chi connectivity index (χ0n) is 8.16. The van der Waals surface area contributed by atoms with Crippen LogP contribution in [0.3, 0.4) is 0 Å². The molecule has 2 nitrogen and oxygen atoms in total. The summed E-state index contributed by atoms with van der Waals surface area (Å²) in [5.74, 6) is 0.809. The molecule has 1 rings (SSSR count). The lowest BCUT2D eigenvalue weighted by molar-refractivity contribution is 0.408. The van der Waals surface area contributed by atoms with Crippen molar-refractivity contribution in [3.63, 3.8) is 0 Å². The summed E-state index contributed by atoms with van der Waals surface area (Å²) in [6.45, 7) is 10.8. The number of aryl methyl sites for hydroxylation is 1. The average Bonchev–Trinajstić information content (AvgIpc) is 2.16. The molecule has 0 N–H and O–H groups in total. The number of methoxy groups -OCH3 is 1. The van der Waals surface area contributed by atoms with Gasteiger partial charge in [-0.2, -0.15) is 0 Å². The third-order valence-corrected chi connectivity index (χ3v) is 2.03. The average molecular weight is 175 g/mol. The van der Waals surface area contributed by atoms with E-state index in [1.54, 1.807) is 7.11 Å². The van der Waals surface area contributed by atoms with Crippen molar-refractivity contribution in [1.29, 1.82) is 0 Å². The van der Waals surface area contributed by atoms with Crippen molar-refractivity contribution in [2.24, 2.45) is 0 Å². The Hall–Kier alpha value is -1.49. The molecule has 1 unspecified atom stereocenters. The topological polar surface area (TPSA) is 13.6 Å². The van der Waals surface area contributed by atoms with Crippen LogP contribution in [0.25, 0.3) is 4.85 Å². The maximum absolute atomic E-state index is 6.94. The molecule has 0 fully saturated rings. The summed E-state index contributed by atoms with van der Waals surface area (Å²) < 4.78 is 5.21. The van der Waals surface area contributed by atoms with E-state index in [0.717, 1.165) is 16.9 Å². The Morgan fingerprint density at radius 1 is 1.46 bits per heavy atom. The molecule has 0 radical (unpaired) electrons. The molecule has 1 atom stereocenters. The summed E-state index contributed by atoms with van der Waals surface area (Å²) in [6, 6.07) is 5.78. The van der Waals surface area contributed by atoms with Crippen LogP contribution in [-0.2, 0) is 0 Å². The van der Waals surface area contributed by atoms with Gasteiger partial charge in [-0.25, -0.2) is 6.57 Å². The van der Waals surface area contributed by atoms with Gasteiger partial charge in [0.25, 0.3) is 0 Å². The van der Waals surface area contributed by atoms with Gasteiger partial charge in [0, 0.05) is 6.92 Å². The predicted octanol–water partition coefficient (Wildman–Crippen LogP) is 2.98. The normalized spacial score (nSPS) is 11.8. The Balaban J connectivity index is 3.15. The van der Waals surface area contributed by atoms with Crippen molar-refractivity contribution in [1.82, 2.24) is 0 Å². The first-order chi connectivity index (χ1) is 6.19. The molecule has 68 valence electrons. The molecule has 0 amide bonds. The summed E-state index contributed by atoms with van der Waals surface area (Å²) in [4.78, 5) is 3.47. The zero-order chi connectivity index (χ0) is 9.84. The first kappa shape index (κ1) is 9.60. The number of hydrogen-bond donors (Lipinski definition) is 0. The van der Waals surface area contributed by atoms with Crippen LogP contribution in [0.1, 0.15) is 24.1 Å². The summed E-state index contributed by atoms with van der Waals surface area (Å²) in [6.07, 6.45) is 0. The van der Waals surface area contributed by atoms with E-state index in [9.17, 15) is 0 Å². The second-order valence-electron chi connectivity index (χ2n) is 3.05. The Kier molecular flexibility index (Phi) is 2.92. The van der Waals surface area contributed by atoms with Crippen molar-refractivity contribution in [2.45, 2.75) is 19.9 Å². The lowest BCUT2D eigenvalue weighted by Crippen LogP contribution is -1.94. The second-order valence-corrected chi connectivity index (χ2v) is 3.05. The van der Waals surface area contributed by atoms with Gasteiger partial charge >= 0.3 is 0 Å². The summed E-state index contributed by atoms with van der Waals surface area (Å²) in [7, 11) is 1.63. The van der Waals surface area contributed by atoms with E-state index < -0.39 is 0 Å². The minimum absolute atomic E-state index is 0.129. The fourth-order valence-corrected chi connectivity index (χ4v) is 1.23. The number of nitrogens with zero attached hydrogens (tertiary/aromatic N) is 1. The van der Waals surface area contributed by atoms with Crippen LogP contribution in [-0.4, -0.2) is 7.11 Å². The lowest BCUT2D eigenvalue weighted by atomic mass is 10.1. The number of ether oxygens (including phenoxy) is 1. The highest BCUT2D eigenvalue weighted by molar-refractivity contribution is 5.40. The molecule has 0 bridgehead atoms. The van der Waals surface area contributed by atoms with Gasteiger partial charge in [-0.3, -0.25) is 0 Å². The van der Waals surface area contributed by atoms with Gasteiger partial charge in [-0.05, 0) is 24.6 Å². The van der Waals surface area contributed by atoms with E-state index >= 15 is 0 Å². The molecule has 0 aliphatic carbocycles. The zero-order valence-corrected chi connectivity index (χ0v) is 8.16. The minimum atomic E-state index is -0.129. The number of hydrogen-bond acceptors (Lipinski definition) is 1. The summed E-state index contributed by atoms with van der Waals surface area (Å²) in [5, 5.41) is 0. The second kappa shape index (κ2) is 3.95. The molecule has 1 aromatic rings. The first-order valence-corrected chi connectivity index (χ1v) is 4.20. The Morgan fingerprint density at radius 2 is 2.15 bits per heavy atom. The van der Waals surface area contributed by atoms with Crippen LogP contribution >= 0.6 is 0 Å². The van der Waals surface area contributed by atoms with Gasteiger partial charge in [0.2, 0.25) is 6.04 Å². The monoisotopic (exact) mass is 175 g/mol. The van der Waals surface area contributed by atoms with E-state index in [1.165, 1.54) is 0 Å². The van der Waals surface area contributed by atoms with Gasteiger partial charge in [0.1, 0.15) is 5.75 Å². The van der Waals surface area contributed by atoms with Crippen LogP contribution in [0.2, 0.25) is 0 Å². The quantitative estimate of drug-likeness (QED) is 0.630. The molecule has 0 saturated carbocycles. The fraction of sp³-hybridized carbons (Fsp3) is 0.364. The van der Waals surface area contributed by atoms with Crippen molar-refractivity contribution in [2.75, 3.05) is 7.11 Å². The van der Waals surface area contributed by atoms with Gasteiger partial charge < -0.3 is 9.58 Å². The Bertz CT molecular complexity index is 338. The van der Waals surface area contributed by atoms with Gasteiger partial charge in [0.05, 0.1) is 12.7 Å². The van der Waals surface area contributed by atoms with E-state index in [2.05, 4.69) is 4.85 Å². The van der Waals surface area contributed by atoms with Crippen LogP contribution in [0.4, 0.5) is 0 Å². The molecule has 0 heterocycles. The van der Waals surface area contributed by atoms with Crippen LogP contribution < -0.4 is 4.74 Å². The van der Waals surface area contributed by atoms with Crippen LogP contribution in [0.5, 0.6) is 5.75 Å². The summed E-state index contributed by atoms with van der Waals surface area (Å²) in [5.41, 5.74) is 2.11. The molecule has 0 spiro atoms. The molecule has 0 aromatic heterocycles. The first-order valence-electron chi connectivity index (χ1n) is 4.20. The standard InChI is InChI=1S/C11H13NO/c1-8-5-6-10(9(2)12-3)11(7-8)13-4/h5-7,9H,1-2,4H3. The summed E-state index contributed by atoms with van der Waals surface area (Å²) >= 11 is 0. The highest BCUT2D eigenvalue weighted by Gasteiger charge is 2.13. The molecule has 0 saturated heterocycles. The number of rotatable bonds is 2. The van der Waals surface area contributed by atoms with E-state index in [4.69, 9.17) is 11.3 Å². The predicted molar refractivity (Wildman–Crippen MR) is 52.7 cm³/mol. The van der Waals surface area contributed by atoms with E-state index in [1.807, 2.05) is 32.0 Å². The molecular weight excluding hydrogens is 162 g/mol. The molecule has 2 heteroatoms. The molecule has 0 aliphatic heterocycles. The van der Waals surface area contributed by atoms with Crippen LogP contribution in [0, 0.1) is 13.5 Å². The van der Waals surface area contributed by atoms with Crippen molar-refractivity contribution < 1.29 is 4.74 Å². The molecule has 13 heavy (non-hydrogen) atoms. The molecule has 1 aromatic carbocycles. The third kappa shape index (κ3) is 2.00. The molecule has 0 aliphatic rings. The highest BCUT2D eigenvalue weighted by Crippen LogP contribution is 2.28. The third-order valence-electron chi connectivity index (χ3n) is 2.03. The van der Waals surface area contributed by atoms with E-state index in [-0.39, 0.29) is 6.04 Å².